The van der Waals surface area contributed by atoms with Gasteiger partial charge in [0.1, 0.15) is 11.4 Å². The Labute approximate surface area is 207 Å². The minimum atomic E-state index is -0.582. The van der Waals surface area contributed by atoms with Crippen molar-refractivity contribution in [3.63, 3.8) is 0 Å². The summed E-state index contributed by atoms with van der Waals surface area (Å²) in [5.41, 5.74) is 3.93. The Morgan fingerprint density at radius 3 is 2.47 bits per heavy atom. The molecule has 3 amide bonds. The first-order valence-electron chi connectivity index (χ1n) is 11.4. The monoisotopic (exact) mass is 490 g/mol. The molecule has 36 heavy (non-hydrogen) atoms. The van der Waals surface area contributed by atoms with E-state index in [1.54, 1.807) is 55.9 Å². The number of fused-ring (bicyclic) bond motifs is 1. The van der Waals surface area contributed by atoms with Crippen LogP contribution in [0.25, 0.3) is 27.9 Å². The zero-order valence-electron chi connectivity index (χ0n) is 20.2. The third-order valence-corrected chi connectivity index (χ3v) is 5.04. The van der Waals surface area contributed by atoms with E-state index in [1.165, 1.54) is 12.1 Å². The van der Waals surface area contributed by atoms with E-state index in [4.69, 9.17) is 4.74 Å². The number of hydrogen-bond donors (Lipinski definition) is 3. The number of urea groups is 1. The number of aromatic nitrogens is 3. The zero-order valence-corrected chi connectivity index (χ0v) is 20.2. The molecule has 2 heterocycles. The molecule has 0 saturated heterocycles. The number of rotatable bonds is 6. The standard InChI is InChI=1S/C26H27FN6O3/c1-26(2,3)36-25(35)29-12-11-28-24(34)32-21-6-4-5-18(13-21)22-15-31-33-16-19(14-30-23(22)33)17-7-9-20(27)10-8-17/h4-10,13-16H,11-12H2,1-3H3,(H,29,35)(H2,28,32,34). The van der Waals surface area contributed by atoms with Gasteiger partial charge in [-0.3, -0.25) is 0 Å². The first kappa shape index (κ1) is 24.6. The van der Waals surface area contributed by atoms with E-state index in [9.17, 15) is 14.0 Å². The lowest BCUT2D eigenvalue weighted by molar-refractivity contribution is 0.0528. The summed E-state index contributed by atoms with van der Waals surface area (Å²) in [5, 5.41) is 12.5. The van der Waals surface area contributed by atoms with Gasteiger partial charge in [-0.1, -0.05) is 24.3 Å². The summed E-state index contributed by atoms with van der Waals surface area (Å²) in [6.07, 6.45) is 4.72. The van der Waals surface area contributed by atoms with E-state index in [0.717, 1.165) is 22.3 Å². The highest BCUT2D eigenvalue weighted by molar-refractivity contribution is 5.90. The topological polar surface area (TPSA) is 110 Å². The van der Waals surface area contributed by atoms with Crippen LogP contribution in [0.4, 0.5) is 19.7 Å². The van der Waals surface area contributed by atoms with Crippen LogP contribution in [0.15, 0.2) is 67.1 Å². The van der Waals surface area contributed by atoms with Crippen molar-refractivity contribution >= 4 is 23.5 Å². The Morgan fingerprint density at radius 2 is 1.72 bits per heavy atom. The van der Waals surface area contributed by atoms with Crippen LogP contribution in [0.1, 0.15) is 20.8 Å². The molecule has 10 heteroatoms. The van der Waals surface area contributed by atoms with Crippen molar-refractivity contribution in [3.8, 4) is 22.3 Å². The van der Waals surface area contributed by atoms with Crippen LogP contribution < -0.4 is 16.0 Å². The van der Waals surface area contributed by atoms with Crippen molar-refractivity contribution in [2.24, 2.45) is 0 Å². The number of nitrogens with zero attached hydrogens (tertiary/aromatic N) is 3. The highest BCUT2D eigenvalue weighted by Gasteiger charge is 2.15. The highest BCUT2D eigenvalue weighted by Crippen LogP contribution is 2.27. The number of ether oxygens (including phenoxy) is 1. The fraction of sp³-hybridized carbons (Fsp3) is 0.231. The quantitative estimate of drug-likeness (QED) is 0.335. The number of hydrogen-bond acceptors (Lipinski definition) is 5. The molecule has 2 aromatic carbocycles. The van der Waals surface area contributed by atoms with Crippen molar-refractivity contribution in [3.05, 3.63) is 72.9 Å². The van der Waals surface area contributed by atoms with Gasteiger partial charge in [0.05, 0.1) is 6.20 Å². The SMILES string of the molecule is CC(C)(C)OC(=O)NCCNC(=O)Nc1cccc(-c2cnn3cc(-c4ccc(F)cc4)cnc23)c1. The van der Waals surface area contributed by atoms with Gasteiger partial charge < -0.3 is 20.7 Å². The summed E-state index contributed by atoms with van der Waals surface area (Å²) in [7, 11) is 0. The molecule has 0 saturated carbocycles. The third kappa shape index (κ3) is 6.35. The van der Waals surface area contributed by atoms with Crippen LogP contribution in [-0.2, 0) is 4.74 Å². The highest BCUT2D eigenvalue weighted by atomic mass is 19.1. The molecular formula is C26H27FN6O3. The summed E-state index contributed by atoms with van der Waals surface area (Å²) in [6, 6.07) is 13.1. The first-order chi connectivity index (χ1) is 17.2. The third-order valence-electron chi connectivity index (χ3n) is 5.04. The van der Waals surface area contributed by atoms with Gasteiger partial charge in [-0.25, -0.2) is 23.5 Å². The number of nitrogens with one attached hydrogen (secondary N) is 3. The molecule has 0 spiro atoms. The smallest absolute Gasteiger partial charge is 0.407 e. The average Bonchev–Trinajstić information content (AvgIpc) is 3.25. The molecule has 2 aromatic heterocycles. The normalized spacial score (nSPS) is 11.2. The van der Waals surface area contributed by atoms with E-state index in [0.29, 0.717) is 11.3 Å². The van der Waals surface area contributed by atoms with Gasteiger partial charge in [-0.15, -0.1) is 0 Å². The summed E-state index contributed by atoms with van der Waals surface area (Å²) in [4.78, 5) is 28.5. The molecule has 0 aliphatic carbocycles. The Hall–Kier alpha value is -4.47. The number of amides is 3. The lowest BCUT2D eigenvalue weighted by atomic mass is 10.1. The fourth-order valence-electron chi connectivity index (χ4n) is 3.46. The van der Waals surface area contributed by atoms with E-state index >= 15 is 0 Å². The van der Waals surface area contributed by atoms with E-state index in [1.807, 2.05) is 24.4 Å². The molecule has 0 aliphatic heterocycles. The average molecular weight is 491 g/mol. The van der Waals surface area contributed by atoms with E-state index < -0.39 is 17.7 Å². The molecule has 4 rings (SSSR count). The molecule has 4 aromatic rings. The second-order valence-electron chi connectivity index (χ2n) is 9.07. The van der Waals surface area contributed by atoms with Crippen molar-refractivity contribution < 1.29 is 18.7 Å². The van der Waals surface area contributed by atoms with Gasteiger partial charge in [0, 0.05) is 42.3 Å². The molecule has 3 N–H and O–H groups in total. The largest absolute Gasteiger partial charge is 0.444 e. The number of alkyl carbamates (subject to hydrolysis) is 1. The van der Waals surface area contributed by atoms with Crippen LogP contribution in [-0.4, -0.2) is 45.4 Å². The molecule has 186 valence electrons. The number of benzene rings is 2. The molecule has 0 bridgehead atoms. The van der Waals surface area contributed by atoms with Crippen LogP contribution in [0.2, 0.25) is 0 Å². The Bertz CT molecular complexity index is 1380. The molecule has 0 radical (unpaired) electrons. The minimum absolute atomic E-state index is 0.232. The maximum atomic E-state index is 13.2. The molecule has 0 aliphatic rings. The Kier molecular flexibility index (Phi) is 7.14. The van der Waals surface area contributed by atoms with Gasteiger partial charge in [0.15, 0.2) is 5.65 Å². The van der Waals surface area contributed by atoms with Gasteiger partial charge in [0.2, 0.25) is 0 Å². The van der Waals surface area contributed by atoms with Gasteiger partial charge >= 0.3 is 12.1 Å². The summed E-state index contributed by atoms with van der Waals surface area (Å²) in [5.74, 6) is -0.297. The van der Waals surface area contributed by atoms with Crippen LogP contribution in [0.3, 0.4) is 0 Å². The fourth-order valence-corrected chi connectivity index (χ4v) is 3.46. The second-order valence-corrected chi connectivity index (χ2v) is 9.07. The van der Waals surface area contributed by atoms with Crippen molar-refractivity contribution in [1.82, 2.24) is 25.2 Å². The van der Waals surface area contributed by atoms with Crippen LogP contribution in [0.5, 0.6) is 0 Å². The number of anilines is 1. The number of carbonyl (C=O) groups is 2. The predicted molar refractivity (Wildman–Crippen MR) is 135 cm³/mol. The molecule has 9 nitrogen and oxygen atoms in total. The first-order valence-corrected chi connectivity index (χ1v) is 11.4. The van der Waals surface area contributed by atoms with Gasteiger partial charge in [-0.2, -0.15) is 5.10 Å². The minimum Gasteiger partial charge on any atom is -0.444 e. The summed E-state index contributed by atoms with van der Waals surface area (Å²) < 4.78 is 20.0. The lowest BCUT2D eigenvalue weighted by Crippen LogP contribution is -2.39. The number of carbonyl (C=O) groups excluding carboxylic acids is 2. The molecule has 0 atom stereocenters. The summed E-state index contributed by atoms with van der Waals surface area (Å²) in [6.45, 7) is 5.80. The molecule has 0 unspecified atom stereocenters. The van der Waals surface area contributed by atoms with Crippen LogP contribution >= 0.6 is 0 Å². The predicted octanol–water partition coefficient (Wildman–Crippen LogP) is 4.85. The maximum Gasteiger partial charge on any atom is 0.407 e. The number of halogens is 1. The van der Waals surface area contributed by atoms with Gasteiger partial charge in [-0.05, 0) is 56.2 Å². The zero-order chi connectivity index (χ0) is 25.7. The maximum absolute atomic E-state index is 13.2. The molecule has 0 fully saturated rings. The van der Waals surface area contributed by atoms with E-state index in [2.05, 4.69) is 26.0 Å². The van der Waals surface area contributed by atoms with Crippen LogP contribution in [0, 0.1) is 5.82 Å². The molecular weight excluding hydrogens is 463 g/mol. The van der Waals surface area contributed by atoms with Crippen molar-refractivity contribution in [2.75, 3.05) is 18.4 Å². The lowest BCUT2D eigenvalue weighted by Gasteiger charge is -2.19. The Balaban J connectivity index is 1.38. The summed E-state index contributed by atoms with van der Waals surface area (Å²) >= 11 is 0. The van der Waals surface area contributed by atoms with Crippen molar-refractivity contribution in [1.29, 1.82) is 0 Å². The van der Waals surface area contributed by atoms with Gasteiger partial charge in [0.25, 0.3) is 0 Å². The second kappa shape index (κ2) is 10.4. The Morgan fingerprint density at radius 1 is 0.972 bits per heavy atom. The van der Waals surface area contributed by atoms with E-state index in [-0.39, 0.29) is 18.9 Å². The van der Waals surface area contributed by atoms with Crippen molar-refractivity contribution in [2.45, 2.75) is 26.4 Å².